The summed E-state index contributed by atoms with van der Waals surface area (Å²) in [6.45, 7) is 1.87. The number of carbonyl (C=O) groups is 2. The molecule has 11 heteroatoms. The molecule has 3 rings (SSSR count). The third-order valence-electron chi connectivity index (χ3n) is 4.84. The molecule has 3 amide bonds. The van der Waals surface area contributed by atoms with Crippen LogP contribution in [0, 0.1) is 5.82 Å². The molecule has 0 radical (unpaired) electrons. The Balaban J connectivity index is 1.62. The molecule has 1 saturated heterocycles. The standard InChI is InChI=1S/C19H23FN6O4/c1-25-7-5-12(6-8-25)26(2)18(27)24-16-10-17(22-11-21-16)30-13-3-4-15(14(20)9-13)23-19(28)29/h3-4,9-12,23H,5-8H2,1-2H3,(H,28,29)(H,21,22,24,27). The lowest BCUT2D eigenvalue weighted by atomic mass is 10.0. The topological polar surface area (TPSA) is 120 Å². The van der Waals surface area contributed by atoms with E-state index in [1.165, 1.54) is 24.5 Å². The number of likely N-dealkylation sites (tertiary alicyclic amines) is 1. The van der Waals surface area contributed by atoms with Crippen LogP contribution in [0.2, 0.25) is 0 Å². The van der Waals surface area contributed by atoms with Crippen LogP contribution in [0.15, 0.2) is 30.6 Å². The molecule has 10 nitrogen and oxygen atoms in total. The monoisotopic (exact) mass is 418 g/mol. The van der Waals surface area contributed by atoms with Gasteiger partial charge < -0.3 is 19.6 Å². The maximum absolute atomic E-state index is 14.0. The average Bonchev–Trinajstić information content (AvgIpc) is 2.70. The summed E-state index contributed by atoms with van der Waals surface area (Å²) in [6.07, 6.45) is 1.65. The van der Waals surface area contributed by atoms with E-state index >= 15 is 0 Å². The summed E-state index contributed by atoms with van der Waals surface area (Å²) in [5.74, 6) is -0.338. The van der Waals surface area contributed by atoms with Crippen LogP contribution >= 0.6 is 0 Å². The van der Waals surface area contributed by atoms with Crippen LogP contribution in [-0.2, 0) is 0 Å². The van der Waals surface area contributed by atoms with Gasteiger partial charge in [-0.1, -0.05) is 0 Å². The second-order valence-electron chi connectivity index (χ2n) is 6.99. The van der Waals surface area contributed by atoms with E-state index in [0.29, 0.717) is 0 Å². The first-order valence-corrected chi connectivity index (χ1v) is 9.33. The highest BCUT2D eigenvalue weighted by Gasteiger charge is 2.24. The summed E-state index contributed by atoms with van der Waals surface area (Å²) in [5, 5.41) is 13.3. The minimum atomic E-state index is -1.37. The molecule has 0 unspecified atom stereocenters. The molecule has 1 fully saturated rings. The number of urea groups is 1. The fourth-order valence-electron chi connectivity index (χ4n) is 3.11. The number of nitrogens with zero attached hydrogens (tertiary/aromatic N) is 4. The van der Waals surface area contributed by atoms with Gasteiger partial charge in [-0.25, -0.2) is 23.9 Å². The van der Waals surface area contributed by atoms with Crippen LogP contribution < -0.4 is 15.4 Å². The number of benzene rings is 1. The first kappa shape index (κ1) is 21.2. The normalized spacial score (nSPS) is 14.8. The van der Waals surface area contributed by atoms with Gasteiger partial charge in [-0.2, -0.15) is 0 Å². The lowest BCUT2D eigenvalue weighted by molar-refractivity contribution is 0.156. The van der Waals surface area contributed by atoms with Crippen molar-refractivity contribution in [3.05, 3.63) is 36.4 Å². The van der Waals surface area contributed by atoms with E-state index in [4.69, 9.17) is 9.84 Å². The van der Waals surface area contributed by atoms with Crippen LogP contribution in [0.25, 0.3) is 0 Å². The predicted octanol–water partition coefficient (Wildman–Crippen LogP) is 3.06. The second kappa shape index (κ2) is 9.35. The van der Waals surface area contributed by atoms with Gasteiger partial charge in [0.15, 0.2) is 5.82 Å². The third-order valence-corrected chi connectivity index (χ3v) is 4.84. The lowest BCUT2D eigenvalue weighted by Crippen LogP contribution is -2.46. The number of carboxylic acid groups (broad SMARTS) is 1. The maximum Gasteiger partial charge on any atom is 0.409 e. The Morgan fingerprint density at radius 1 is 1.23 bits per heavy atom. The van der Waals surface area contributed by atoms with E-state index in [-0.39, 0.29) is 35.2 Å². The molecule has 2 heterocycles. The van der Waals surface area contributed by atoms with Crippen molar-refractivity contribution in [2.75, 3.05) is 37.8 Å². The summed E-state index contributed by atoms with van der Waals surface area (Å²) < 4.78 is 19.4. The average molecular weight is 418 g/mol. The smallest absolute Gasteiger partial charge is 0.409 e. The molecule has 1 aromatic heterocycles. The van der Waals surface area contributed by atoms with Gasteiger partial charge in [0, 0.05) is 25.2 Å². The van der Waals surface area contributed by atoms with Crippen molar-refractivity contribution < 1.29 is 23.8 Å². The fourth-order valence-corrected chi connectivity index (χ4v) is 3.11. The molecular formula is C19H23FN6O4. The largest absolute Gasteiger partial charge is 0.465 e. The Labute approximate surface area is 172 Å². The number of amides is 3. The number of hydrogen-bond acceptors (Lipinski definition) is 6. The van der Waals surface area contributed by atoms with Crippen LogP contribution in [0.5, 0.6) is 11.6 Å². The second-order valence-corrected chi connectivity index (χ2v) is 6.99. The first-order valence-electron chi connectivity index (χ1n) is 9.33. The molecular weight excluding hydrogens is 395 g/mol. The van der Waals surface area contributed by atoms with Crippen molar-refractivity contribution in [2.24, 2.45) is 0 Å². The van der Waals surface area contributed by atoms with Gasteiger partial charge in [0.1, 0.15) is 17.9 Å². The summed E-state index contributed by atoms with van der Waals surface area (Å²) in [5.41, 5.74) is -0.192. The van der Waals surface area contributed by atoms with Crippen molar-refractivity contribution in [2.45, 2.75) is 18.9 Å². The zero-order valence-electron chi connectivity index (χ0n) is 16.6. The van der Waals surface area contributed by atoms with Crippen molar-refractivity contribution >= 4 is 23.6 Å². The third kappa shape index (κ3) is 5.54. The molecule has 30 heavy (non-hydrogen) atoms. The number of carbonyl (C=O) groups excluding carboxylic acids is 1. The highest BCUT2D eigenvalue weighted by atomic mass is 19.1. The van der Waals surface area contributed by atoms with E-state index in [1.54, 1.807) is 11.9 Å². The number of ether oxygens (including phenoxy) is 1. The molecule has 2 aromatic rings. The van der Waals surface area contributed by atoms with Crippen molar-refractivity contribution in [1.82, 2.24) is 19.8 Å². The Morgan fingerprint density at radius 3 is 2.63 bits per heavy atom. The van der Waals surface area contributed by atoms with Gasteiger partial charge >= 0.3 is 12.1 Å². The number of piperidine rings is 1. The quantitative estimate of drug-likeness (QED) is 0.683. The van der Waals surface area contributed by atoms with Gasteiger partial charge in [0.2, 0.25) is 5.88 Å². The van der Waals surface area contributed by atoms with E-state index in [9.17, 15) is 14.0 Å². The van der Waals surface area contributed by atoms with Crippen LogP contribution in [0.4, 0.5) is 25.5 Å². The van der Waals surface area contributed by atoms with Crippen molar-refractivity contribution in [1.29, 1.82) is 0 Å². The molecule has 0 saturated carbocycles. The number of rotatable bonds is 5. The van der Waals surface area contributed by atoms with Crippen LogP contribution in [0.1, 0.15) is 12.8 Å². The summed E-state index contributed by atoms with van der Waals surface area (Å²) >= 11 is 0. The minimum Gasteiger partial charge on any atom is -0.465 e. The molecule has 0 spiro atoms. The number of halogens is 1. The summed E-state index contributed by atoms with van der Waals surface area (Å²) in [6, 6.07) is 4.94. The number of aromatic nitrogens is 2. The molecule has 0 bridgehead atoms. The first-order chi connectivity index (χ1) is 14.3. The highest BCUT2D eigenvalue weighted by molar-refractivity contribution is 5.88. The zero-order valence-corrected chi connectivity index (χ0v) is 16.6. The number of hydrogen-bond donors (Lipinski definition) is 3. The number of anilines is 2. The Bertz CT molecular complexity index is 920. The Hall–Kier alpha value is -3.47. The summed E-state index contributed by atoms with van der Waals surface area (Å²) in [7, 11) is 3.81. The maximum atomic E-state index is 14.0. The van der Waals surface area contributed by atoms with Gasteiger partial charge in [-0.15, -0.1) is 0 Å². The van der Waals surface area contributed by atoms with E-state index in [0.717, 1.165) is 32.0 Å². The van der Waals surface area contributed by atoms with Crippen molar-refractivity contribution in [3.63, 3.8) is 0 Å². The lowest BCUT2D eigenvalue weighted by Gasteiger charge is -2.34. The Morgan fingerprint density at radius 2 is 1.97 bits per heavy atom. The van der Waals surface area contributed by atoms with Gasteiger partial charge in [-0.05, 0) is 45.1 Å². The minimum absolute atomic E-state index is 0.0978. The Kier molecular flexibility index (Phi) is 6.62. The van der Waals surface area contributed by atoms with Crippen LogP contribution in [0.3, 0.4) is 0 Å². The highest BCUT2D eigenvalue weighted by Crippen LogP contribution is 2.25. The molecule has 1 aromatic carbocycles. The molecule has 0 atom stereocenters. The molecule has 1 aliphatic rings. The molecule has 1 aliphatic heterocycles. The van der Waals surface area contributed by atoms with Crippen LogP contribution in [-0.4, -0.2) is 70.2 Å². The fraction of sp³-hybridized carbons (Fsp3) is 0.368. The van der Waals surface area contributed by atoms with Gasteiger partial charge in [0.25, 0.3) is 0 Å². The predicted molar refractivity (Wildman–Crippen MR) is 107 cm³/mol. The van der Waals surface area contributed by atoms with Gasteiger partial charge in [0.05, 0.1) is 5.69 Å². The van der Waals surface area contributed by atoms with Gasteiger partial charge in [-0.3, -0.25) is 10.6 Å². The zero-order chi connectivity index (χ0) is 21.7. The van der Waals surface area contributed by atoms with E-state index < -0.39 is 11.9 Å². The van der Waals surface area contributed by atoms with E-state index in [1.807, 2.05) is 5.32 Å². The van der Waals surface area contributed by atoms with Crippen molar-refractivity contribution in [3.8, 4) is 11.6 Å². The molecule has 0 aliphatic carbocycles. The SMILES string of the molecule is CN1CCC(N(C)C(=O)Nc2cc(Oc3ccc(NC(=O)O)c(F)c3)ncn2)CC1. The molecule has 160 valence electrons. The number of nitrogens with one attached hydrogen (secondary N) is 2. The summed E-state index contributed by atoms with van der Waals surface area (Å²) in [4.78, 5) is 35.0. The van der Waals surface area contributed by atoms with E-state index in [2.05, 4.69) is 27.2 Å². The molecule has 3 N–H and O–H groups in total.